The average Bonchev–Trinajstić information content (AvgIpc) is 0.788. The third-order valence-corrected chi connectivity index (χ3v) is 16.5. The molecule has 35 atom stereocenters. The van der Waals surface area contributed by atoms with Gasteiger partial charge in [0, 0.05) is 34.2 Å². The molecular formula is C52H89N5O36. The predicted octanol–water partition coefficient (Wildman–Crippen LogP) is -15.7. The number of hydrogen-bond donors (Lipinski definition) is 23. The number of hydrogen-bond acceptors (Lipinski definition) is 37. The molecule has 7 fully saturated rings. The van der Waals surface area contributed by atoms with E-state index >= 15 is 0 Å². The maximum absolute atomic E-state index is 12.9. The molecule has 24 N–H and O–H groups in total. The molecule has 7 saturated heterocycles. The summed E-state index contributed by atoms with van der Waals surface area (Å²) in [6.45, 7) is -3.15. The van der Waals surface area contributed by atoms with Crippen LogP contribution in [-0.2, 0) is 85.5 Å². The first-order valence-corrected chi connectivity index (χ1v) is 29.8. The number of ether oxygens (including phenoxy) is 14. The van der Waals surface area contributed by atoms with Crippen molar-refractivity contribution in [2.45, 2.75) is 242 Å². The fraction of sp³-hybridized carbons (Fsp3) is 0.923. The lowest BCUT2D eigenvalue weighted by Gasteiger charge is -2.51. The van der Waals surface area contributed by atoms with Crippen LogP contribution < -0.4 is 27.0 Å². The molecule has 538 valence electrons. The maximum Gasteiger partial charge on any atom is 0.217 e. The second-order valence-electron chi connectivity index (χ2n) is 23.2. The zero-order valence-corrected chi connectivity index (χ0v) is 50.5. The standard InChI is InChI=1S/C52H89N5O36/c1-14(64)54-25-34(73)29(68)18(7-58)82-47(25)92-44-38(77)31(70)20(9-60)84-51(44)81-13-24-33(72)43(91-52-45(39(78)32(71)21(10-61)85-52)93-48-26(55-15(2)65)35(74)30(69)19(8-59)83-48)40(79)50(88-24)90-42-23(12-63)87-49(28(37(42)76)57-17(4)67)89-41-22(11-62)86-46(80-6-5-53)27(36(41)75)56-16(3)66/h18-52,58-63,68-79H,5-13,53H2,1-4H3,(H,54,64)(H,55,65)(H,56,66)(H,57,67)/t18?,19?,20?,21-,22?,23?,24?,25-,26-,27-,28-,29+,30+,31+,32+,33+,34?,35?,36?,37?,38?,39?,40+,41+,42+,43?,44+,45?,46+,47-,48-,49-,50-,51-,52+/m0/s1. The van der Waals surface area contributed by atoms with Gasteiger partial charge in [0.2, 0.25) is 23.6 Å². The molecule has 0 aromatic rings. The van der Waals surface area contributed by atoms with E-state index in [9.17, 15) is 111 Å². The molecule has 7 rings (SSSR count). The van der Waals surface area contributed by atoms with Gasteiger partial charge in [-0.3, -0.25) is 19.2 Å². The Morgan fingerprint density at radius 3 is 1.01 bits per heavy atom. The molecular weight excluding hydrogens is 1270 g/mol. The molecule has 93 heavy (non-hydrogen) atoms. The van der Waals surface area contributed by atoms with E-state index in [0.29, 0.717) is 0 Å². The fourth-order valence-corrected chi connectivity index (χ4v) is 11.8. The molecule has 0 aromatic carbocycles. The van der Waals surface area contributed by atoms with Gasteiger partial charge in [-0.15, -0.1) is 0 Å². The van der Waals surface area contributed by atoms with Crippen LogP contribution in [0.1, 0.15) is 27.7 Å². The topological polar surface area (TPSA) is 636 Å². The highest BCUT2D eigenvalue weighted by Gasteiger charge is 2.59. The molecule has 41 heteroatoms. The number of carbonyl (C=O) groups is 4. The Morgan fingerprint density at radius 1 is 0.312 bits per heavy atom. The first-order chi connectivity index (χ1) is 44.1. The van der Waals surface area contributed by atoms with Gasteiger partial charge < -0.3 is 185 Å². The van der Waals surface area contributed by atoms with E-state index in [4.69, 9.17) is 72.0 Å². The van der Waals surface area contributed by atoms with Crippen LogP contribution in [0.4, 0.5) is 0 Å². The minimum Gasteiger partial charge on any atom is -0.394 e. The van der Waals surface area contributed by atoms with Crippen molar-refractivity contribution in [3.05, 3.63) is 0 Å². The number of carbonyl (C=O) groups excluding carboxylic acids is 4. The van der Waals surface area contributed by atoms with Crippen LogP contribution in [0, 0.1) is 0 Å². The number of aliphatic hydroxyl groups excluding tert-OH is 18. The quantitative estimate of drug-likeness (QED) is 0.0382. The maximum atomic E-state index is 12.9. The molecule has 7 aliphatic rings. The predicted molar refractivity (Wildman–Crippen MR) is 291 cm³/mol. The highest BCUT2D eigenvalue weighted by molar-refractivity contribution is 5.74. The van der Waals surface area contributed by atoms with Gasteiger partial charge >= 0.3 is 0 Å². The highest BCUT2D eigenvalue weighted by Crippen LogP contribution is 2.38. The molecule has 0 aromatic heterocycles. The van der Waals surface area contributed by atoms with Crippen molar-refractivity contribution < 1.29 is 177 Å². The van der Waals surface area contributed by atoms with E-state index in [-0.39, 0.29) is 13.2 Å². The van der Waals surface area contributed by atoms with E-state index in [0.717, 1.165) is 27.7 Å². The van der Waals surface area contributed by atoms with Gasteiger partial charge in [0.05, 0.1) is 52.9 Å². The van der Waals surface area contributed by atoms with Crippen LogP contribution >= 0.6 is 0 Å². The van der Waals surface area contributed by atoms with E-state index in [1.165, 1.54) is 0 Å². The lowest BCUT2D eigenvalue weighted by molar-refractivity contribution is -0.396. The molecule has 0 spiro atoms. The average molecular weight is 1360 g/mol. The zero-order chi connectivity index (χ0) is 68.6. The van der Waals surface area contributed by atoms with Gasteiger partial charge in [-0.1, -0.05) is 0 Å². The van der Waals surface area contributed by atoms with Crippen LogP contribution in [-0.4, -0.2) is 390 Å². The van der Waals surface area contributed by atoms with E-state index in [1.807, 2.05) is 0 Å². The Morgan fingerprint density at radius 2 is 0.613 bits per heavy atom. The minimum atomic E-state index is -2.45. The molecule has 14 unspecified atom stereocenters. The van der Waals surface area contributed by atoms with E-state index in [1.54, 1.807) is 0 Å². The van der Waals surface area contributed by atoms with Crippen molar-refractivity contribution >= 4 is 23.6 Å². The summed E-state index contributed by atoms with van der Waals surface area (Å²) in [6.07, 6.45) is -61.1. The third-order valence-electron chi connectivity index (χ3n) is 16.5. The van der Waals surface area contributed by atoms with Crippen molar-refractivity contribution in [3.63, 3.8) is 0 Å². The number of rotatable bonds is 26. The van der Waals surface area contributed by atoms with Gasteiger partial charge in [0.1, 0.15) is 171 Å². The molecule has 0 radical (unpaired) electrons. The third kappa shape index (κ3) is 17.7. The number of nitrogens with two attached hydrogens (primary N) is 1. The van der Waals surface area contributed by atoms with Crippen LogP contribution in [0.2, 0.25) is 0 Å². The summed E-state index contributed by atoms with van der Waals surface area (Å²) in [7, 11) is 0. The summed E-state index contributed by atoms with van der Waals surface area (Å²) in [5.74, 6) is -3.19. The zero-order valence-electron chi connectivity index (χ0n) is 50.5. The highest BCUT2D eigenvalue weighted by atomic mass is 16.8. The lowest BCUT2D eigenvalue weighted by Crippen LogP contribution is -2.71. The molecule has 7 heterocycles. The SMILES string of the molecule is CC(=O)N[C@H]1C(O)[C@H](O)C(CO)O[C@H]1OC1C(O)[C@H](O)[C@H](CO)O[C@@H]1OC1[C@H](O)C(CO[C@H]2OC(CO)[C@@H](O)C(O)[C@H]2O[C@@H]2OC(CO)[C@@H](O)C(O)[C@@H]2NC(C)=O)O[C@@H](O[C@@H]2C(CO)O[C@@H](O[C@@H]3C(CO)O[C@@H](OCCN)[C@@H](NC(C)=O)C3O)[C@@H](NC(C)=O)C2O)[C@@H]1O. The van der Waals surface area contributed by atoms with Gasteiger partial charge in [-0.25, -0.2) is 0 Å². The normalized spacial score (nSPS) is 46.5. The Hall–Kier alpha value is -3.44. The summed E-state index contributed by atoms with van der Waals surface area (Å²) in [6, 6.07) is -6.64. The molecule has 41 nitrogen and oxygen atoms in total. The van der Waals surface area contributed by atoms with Gasteiger partial charge in [-0.2, -0.15) is 0 Å². The molecule has 0 saturated carbocycles. The van der Waals surface area contributed by atoms with Crippen LogP contribution in [0.3, 0.4) is 0 Å². The lowest BCUT2D eigenvalue weighted by atomic mass is 9.93. The molecule has 7 aliphatic heterocycles. The number of amides is 4. The Kier molecular flexibility index (Phi) is 28.4. The Labute approximate surface area is 528 Å². The second kappa shape index (κ2) is 34.4. The van der Waals surface area contributed by atoms with Crippen molar-refractivity contribution in [3.8, 4) is 0 Å². The second-order valence-corrected chi connectivity index (χ2v) is 23.2. The molecule has 4 amide bonds. The summed E-state index contributed by atoms with van der Waals surface area (Å²) >= 11 is 0. The van der Waals surface area contributed by atoms with Crippen molar-refractivity contribution in [1.82, 2.24) is 21.3 Å². The Bertz CT molecular complexity index is 2370. The van der Waals surface area contributed by atoms with Gasteiger partial charge in [-0.05, 0) is 0 Å². The van der Waals surface area contributed by atoms with Crippen molar-refractivity contribution in [1.29, 1.82) is 0 Å². The molecule has 0 bridgehead atoms. The Balaban J connectivity index is 1.25. The van der Waals surface area contributed by atoms with Gasteiger partial charge in [0.15, 0.2) is 44.0 Å². The van der Waals surface area contributed by atoms with E-state index < -0.39 is 285 Å². The summed E-state index contributed by atoms with van der Waals surface area (Å²) in [5, 5.41) is 209. The number of nitrogens with one attached hydrogen (secondary N) is 4. The summed E-state index contributed by atoms with van der Waals surface area (Å²) in [4.78, 5) is 50.0. The summed E-state index contributed by atoms with van der Waals surface area (Å²) < 4.78 is 83.1. The van der Waals surface area contributed by atoms with Crippen molar-refractivity contribution in [2.24, 2.45) is 5.73 Å². The van der Waals surface area contributed by atoms with Gasteiger partial charge in [0.25, 0.3) is 0 Å². The monoisotopic (exact) mass is 1360 g/mol. The van der Waals surface area contributed by atoms with E-state index in [2.05, 4.69) is 21.3 Å². The van der Waals surface area contributed by atoms with Crippen molar-refractivity contribution in [2.75, 3.05) is 59.4 Å². The minimum absolute atomic E-state index is 0.0340. The summed E-state index contributed by atoms with van der Waals surface area (Å²) in [5.41, 5.74) is 5.59. The largest absolute Gasteiger partial charge is 0.394 e. The fourth-order valence-electron chi connectivity index (χ4n) is 11.8. The number of aliphatic hydroxyl groups is 18. The van der Waals surface area contributed by atoms with Crippen LogP contribution in [0.25, 0.3) is 0 Å². The molecule has 0 aliphatic carbocycles. The van der Waals surface area contributed by atoms with Crippen LogP contribution in [0.5, 0.6) is 0 Å². The smallest absolute Gasteiger partial charge is 0.217 e. The first kappa shape index (κ1) is 76.9. The first-order valence-electron chi connectivity index (χ1n) is 29.8. The van der Waals surface area contributed by atoms with Crippen LogP contribution in [0.15, 0.2) is 0 Å².